The molecule has 1 saturated carbocycles. The zero-order valence-electron chi connectivity index (χ0n) is 11.7. The summed E-state index contributed by atoms with van der Waals surface area (Å²) in [7, 11) is 0. The van der Waals surface area contributed by atoms with Crippen LogP contribution in [-0.2, 0) is 0 Å². The van der Waals surface area contributed by atoms with Crippen LogP contribution in [0.25, 0.3) is 0 Å². The third-order valence-corrected chi connectivity index (χ3v) is 4.58. The number of hydrogen-bond acceptors (Lipinski definition) is 2. The van der Waals surface area contributed by atoms with Gasteiger partial charge in [0.1, 0.15) is 5.82 Å². The summed E-state index contributed by atoms with van der Waals surface area (Å²) in [5.74, 6) is -0.119. The molecule has 1 heterocycles. The predicted molar refractivity (Wildman–Crippen MR) is 77.2 cm³/mol. The van der Waals surface area contributed by atoms with Crippen LogP contribution in [0.1, 0.15) is 37.7 Å². The summed E-state index contributed by atoms with van der Waals surface area (Å²) in [6, 6.07) is 5.38. The van der Waals surface area contributed by atoms with Gasteiger partial charge in [-0.25, -0.2) is 4.39 Å². The number of nitrogens with one attached hydrogen (secondary N) is 1. The molecule has 1 spiro atoms. The molecule has 1 aliphatic heterocycles. The zero-order chi connectivity index (χ0) is 13.3. The van der Waals surface area contributed by atoms with E-state index in [1.807, 2.05) is 6.92 Å². The molecule has 0 amide bonds. The van der Waals surface area contributed by atoms with Crippen molar-refractivity contribution in [3.8, 4) is 0 Å². The fourth-order valence-electron chi connectivity index (χ4n) is 3.64. The highest BCUT2D eigenvalue weighted by Crippen LogP contribution is 2.32. The summed E-state index contributed by atoms with van der Waals surface area (Å²) in [6.45, 7) is 4.97. The molecule has 2 nitrogen and oxygen atoms in total. The van der Waals surface area contributed by atoms with E-state index in [4.69, 9.17) is 0 Å². The van der Waals surface area contributed by atoms with Crippen LogP contribution >= 0.6 is 0 Å². The Morgan fingerprint density at radius 1 is 1.16 bits per heavy atom. The standard InChI is InChI=1S/C16H23FN2/c1-13-9-14(17)11-15(10-13)19-8-7-18-16(12-19)5-3-2-4-6-16/h9-11,18H,2-8,12H2,1H3. The Hall–Kier alpha value is -1.09. The smallest absolute Gasteiger partial charge is 0.125 e. The monoisotopic (exact) mass is 262 g/mol. The normalized spacial score (nSPS) is 22.7. The number of benzene rings is 1. The van der Waals surface area contributed by atoms with Gasteiger partial charge in [-0.2, -0.15) is 0 Å². The number of piperazine rings is 1. The van der Waals surface area contributed by atoms with Crippen molar-refractivity contribution >= 4 is 5.69 Å². The minimum Gasteiger partial charge on any atom is -0.368 e. The first-order chi connectivity index (χ1) is 9.17. The highest BCUT2D eigenvalue weighted by molar-refractivity contribution is 5.50. The maximum atomic E-state index is 13.6. The Morgan fingerprint density at radius 3 is 2.68 bits per heavy atom. The molecule has 0 atom stereocenters. The Balaban J connectivity index is 1.80. The SMILES string of the molecule is Cc1cc(F)cc(N2CCNC3(CCCCC3)C2)c1. The molecule has 1 aromatic carbocycles. The van der Waals surface area contributed by atoms with Crippen LogP contribution in [0.15, 0.2) is 18.2 Å². The van der Waals surface area contributed by atoms with Gasteiger partial charge in [-0.05, 0) is 43.5 Å². The van der Waals surface area contributed by atoms with Crippen molar-refractivity contribution < 1.29 is 4.39 Å². The van der Waals surface area contributed by atoms with Crippen LogP contribution in [0.2, 0.25) is 0 Å². The third-order valence-electron chi connectivity index (χ3n) is 4.58. The maximum absolute atomic E-state index is 13.6. The average Bonchev–Trinajstić information content (AvgIpc) is 2.38. The number of halogens is 1. The first kappa shape index (κ1) is 12.9. The zero-order valence-corrected chi connectivity index (χ0v) is 11.7. The summed E-state index contributed by atoms with van der Waals surface area (Å²) in [5.41, 5.74) is 2.33. The minimum absolute atomic E-state index is 0.119. The molecule has 1 saturated heterocycles. The van der Waals surface area contributed by atoms with E-state index in [0.717, 1.165) is 30.9 Å². The average molecular weight is 262 g/mol. The van der Waals surface area contributed by atoms with Crippen molar-refractivity contribution in [1.82, 2.24) is 5.32 Å². The Morgan fingerprint density at radius 2 is 1.95 bits per heavy atom. The van der Waals surface area contributed by atoms with E-state index in [1.54, 1.807) is 12.1 Å². The lowest BCUT2D eigenvalue weighted by atomic mass is 9.80. The summed E-state index contributed by atoms with van der Waals surface area (Å²) < 4.78 is 13.6. The second-order valence-corrected chi connectivity index (χ2v) is 6.18. The van der Waals surface area contributed by atoms with Gasteiger partial charge in [0.25, 0.3) is 0 Å². The topological polar surface area (TPSA) is 15.3 Å². The molecule has 2 fully saturated rings. The van der Waals surface area contributed by atoms with Crippen molar-refractivity contribution in [2.75, 3.05) is 24.5 Å². The van der Waals surface area contributed by atoms with E-state index in [1.165, 1.54) is 32.1 Å². The van der Waals surface area contributed by atoms with Crippen molar-refractivity contribution in [2.45, 2.75) is 44.6 Å². The van der Waals surface area contributed by atoms with E-state index in [-0.39, 0.29) is 11.4 Å². The van der Waals surface area contributed by atoms with Crippen molar-refractivity contribution in [2.24, 2.45) is 0 Å². The van der Waals surface area contributed by atoms with Crippen LogP contribution in [0.4, 0.5) is 10.1 Å². The van der Waals surface area contributed by atoms with Gasteiger partial charge in [-0.1, -0.05) is 19.3 Å². The molecule has 3 rings (SSSR count). The van der Waals surface area contributed by atoms with E-state index in [2.05, 4.69) is 16.3 Å². The van der Waals surface area contributed by atoms with Gasteiger partial charge in [-0.15, -0.1) is 0 Å². The summed E-state index contributed by atoms with van der Waals surface area (Å²) in [5, 5.41) is 3.73. The van der Waals surface area contributed by atoms with E-state index in [9.17, 15) is 4.39 Å². The first-order valence-corrected chi connectivity index (χ1v) is 7.44. The van der Waals surface area contributed by atoms with E-state index >= 15 is 0 Å². The number of rotatable bonds is 1. The van der Waals surface area contributed by atoms with Gasteiger partial charge in [-0.3, -0.25) is 0 Å². The van der Waals surface area contributed by atoms with Crippen molar-refractivity contribution in [3.63, 3.8) is 0 Å². The molecule has 0 unspecified atom stereocenters. The lowest BCUT2D eigenvalue weighted by Crippen LogP contribution is -2.61. The van der Waals surface area contributed by atoms with Crippen molar-refractivity contribution in [3.05, 3.63) is 29.6 Å². The number of hydrogen-bond donors (Lipinski definition) is 1. The summed E-state index contributed by atoms with van der Waals surface area (Å²) in [6.07, 6.45) is 6.53. The second kappa shape index (κ2) is 5.12. The number of nitrogens with zero attached hydrogens (tertiary/aromatic N) is 1. The predicted octanol–water partition coefficient (Wildman–Crippen LogP) is 3.25. The fraction of sp³-hybridized carbons (Fsp3) is 0.625. The first-order valence-electron chi connectivity index (χ1n) is 7.44. The fourth-order valence-corrected chi connectivity index (χ4v) is 3.64. The van der Waals surface area contributed by atoms with Gasteiger partial charge in [0.2, 0.25) is 0 Å². The third kappa shape index (κ3) is 2.76. The van der Waals surface area contributed by atoms with Crippen LogP contribution in [0, 0.1) is 12.7 Å². The largest absolute Gasteiger partial charge is 0.368 e. The van der Waals surface area contributed by atoms with Crippen LogP contribution < -0.4 is 10.2 Å². The van der Waals surface area contributed by atoms with Gasteiger partial charge in [0.05, 0.1) is 0 Å². The molecule has 3 heteroatoms. The van der Waals surface area contributed by atoms with Crippen LogP contribution in [-0.4, -0.2) is 25.2 Å². The molecule has 1 aromatic rings. The molecule has 1 aliphatic carbocycles. The van der Waals surface area contributed by atoms with Gasteiger partial charge < -0.3 is 10.2 Å². The minimum atomic E-state index is -0.119. The molecular formula is C16H23FN2. The van der Waals surface area contributed by atoms with Gasteiger partial charge in [0, 0.05) is 30.9 Å². The Labute approximate surface area is 115 Å². The van der Waals surface area contributed by atoms with E-state index in [0.29, 0.717) is 0 Å². The Bertz CT molecular complexity index is 426. The summed E-state index contributed by atoms with van der Waals surface area (Å²) >= 11 is 0. The second-order valence-electron chi connectivity index (χ2n) is 6.18. The lowest BCUT2D eigenvalue weighted by Gasteiger charge is -2.47. The maximum Gasteiger partial charge on any atom is 0.125 e. The molecule has 0 bridgehead atoms. The quantitative estimate of drug-likeness (QED) is 0.836. The van der Waals surface area contributed by atoms with Crippen LogP contribution in [0.3, 0.4) is 0 Å². The van der Waals surface area contributed by atoms with Gasteiger partial charge >= 0.3 is 0 Å². The molecule has 0 aromatic heterocycles. The number of anilines is 1. The lowest BCUT2D eigenvalue weighted by molar-refractivity contribution is 0.216. The molecular weight excluding hydrogens is 239 g/mol. The molecule has 19 heavy (non-hydrogen) atoms. The molecule has 1 N–H and O–H groups in total. The van der Waals surface area contributed by atoms with E-state index < -0.39 is 0 Å². The highest BCUT2D eigenvalue weighted by Gasteiger charge is 2.36. The van der Waals surface area contributed by atoms with Gasteiger partial charge in [0.15, 0.2) is 0 Å². The summed E-state index contributed by atoms with van der Waals surface area (Å²) in [4.78, 5) is 2.36. The molecule has 0 radical (unpaired) electrons. The molecule has 2 aliphatic rings. The number of aryl methyl sites for hydroxylation is 1. The van der Waals surface area contributed by atoms with Crippen molar-refractivity contribution in [1.29, 1.82) is 0 Å². The highest BCUT2D eigenvalue weighted by atomic mass is 19.1. The van der Waals surface area contributed by atoms with Crippen LogP contribution in [0.5, 0.6) is 0 Å². The Kier molecular flexibility index (Phi) is 3.48. The molecule has 104 valence electrons.